The molecule has 0 unspecified atom stereocenters. The van der Waals surface area contributed by atoms with Gasteiger partial charge in [0.05, 0.1) is 16.5 Å². The Bertz CT molecular complexity index is 658. The van der Waals surface area contributed by atoms with Crippen LogP contribution >= 0.6 is 46.4 Å². The van der Waals surface area contributed by atoms with E-state index in [-0.39, 0.29) is 12.3 Å². The van der Waals surface area contributed by atoms with Gasteiger partial charge < -0.3 is 5.32 Å². The van der Waals surface area contributed by atoms with Gasteiger partial charge in [-0.3, -0.25) is 4.79 Å². The number of hydrogen-bond acceptors (Lipinski definition) is 1. The van der Waals surface area contributed by atoms with Gasteiger partial charge in [0.15, 0.2) is 0 Å². The van der Waals surface area contributed by atoms with Gasteiger partial charge in [0.1, 0.15) is 0 Å². The van der Waals surface area contributed by atoms with E-state index in [2.05, 4.69) is 5.32 Å². The summed E-state index contributed by atoms with van der Waals surface area (Å²) in [6.07, 6.45) is 0.149. The number of carbonyl (C=O) groups is 1. The summed E-state index contributed by atoms with van der Waals surface area (Å²) >= 11 is 23.5. The topological polar surface area (TPSA) is 29.1 Å². The van der Waals surface area contributed by atoms with Crippen molar-refractivity contribution in [3.63, 3.8) is 0 Å². The fraction of sp³-hybridized carbons (Fsp3) is 0.0714. The highest BCUT2D eigenvalue weighted by molar-refractivity contribution is 6.42. The molecule has 0 saturated carbocycles. The molecule has 0 heterocycles. The van der Waals surface area contributed by atoms with E-state index in [9.17, 15) is 4.79 Å². The zero-order valence-corrected chi connectivity index (χ0v) is 13.1. The molecule has 20 heavy (non-hydrogen) atoms. The monoisotopic (exact) mass is 347 g/mol. The standard InChI is InChI=1S/C14H9Cl4NO/c15-9-2-1-8(12(17)6-9)5-14(20)19-10-3-4-11(16)13(18)7-10/h1-4,6-7H,5H2,(H,19,20). The van der Waals surface area contributed by atoms with Gasteiger partial charge in [0.2, 0.25) is 5.91 Å². The first-order valence-electron chi connectivity index (χ1n) is 5.64. The van der Waals surface area contributed by atoms with Crippen molar-refractivity contribution in [2.75, 3.05) is 5.32 Å². The highest BCUT2D eigenvalue weighted by atomic mass is 35.5. The lowest BCUT2D eigenvalue weighted by molar-refractivity contribution is -0.115. The van der Waals surface area contributed by atoms with E-state index in [4.69, 9.17) is 46.4 Å². The molecule has 0 aliphatic heterocycles. The molecule has 0 radical (unpaired) electrons. The van der Waals surface area contributed by atoms with Crippen LogP contribution in [0.15, 0.2) is 36.4 Å². The lowest BCUT2D eigenvalue weighted by Gasteiger charge is -2.08. The summed E-state index contributed by atoms with van der Waals surface area (Å²) in [7, 11) is 0. The number of halogens is 4. The van der Waals surface area contributed by atoms with Crippen LogP contribution in [0.25, 0.3) is 0 Å². The van der Waals surface area contributed by atoms with Crippen LogP contribution in [0.4, 0.5) is 5.69 Å². The second-order valence-corrected chi connectivity index (χ2v) is 5.75. The third kappa shape index (κ3) is 4.03. The smallest absolute Gasteiger partial charge is 0.228 e. The molecule has 2 rings (SSSR count). The Kier molecular flexibility index (Phi) is 5.17. The average Bonchev–Trinajstić information content (AvgIpc) is 2.37. The lowest BCUT2D eigenvalue weighted by Crippen LogP contribution is -2.14. The highest BCUT2D eigenvalue weighted by Crippen LogP contribution is 2.25. The molecule has 0 fully saturated rings. The van der Waals surface area contributed by atoms with E-state index in [1.807, 2.05) is 0 Å². The summed E-state index contributed by atoms with van der Waals surface area (Å²) in [5, 5.41) is 4.54. The molecule has 2 aromatic carbocycles. The Morgan fingerprint density at radius 2 is 1.65 bits per heavy atom. The molecule has 0 bridgehead atoms. The third-order valence-corrected chi connectivity index (χ3v) is 3.90. The molecular weight excluding hydrogens is 340 g/mol. The summed E-state index contributed by atoms with van der Waals surface area (Å²) in [4.78, 5) is 11.9. The summed E-state index contributed by atoms with van der Waals surface area (Å²) in [5.74, 6) is -0.201. The second-order valence-electron chi connectivity index (χ2n) is 4.09. The molecule has 2 aromatic rings. The summed E-state index contributed by atoms with van der Waals surface area (Å²) < 4.78 is 0. The number of amides is 1. The number of carbonyl (C=O) groups excluding carboxylic acids is 1. The minimum absolute atomic E-state index is 0.149. The van der Waals surface area contributed by atoms with Gasteiger partial charge in [-0.15, -0.1) is 0 Å². The molecule has 0 aromatic heterocycles. The van der Waals surface area contributed by atoms with E-state index in [0.717, 1.165) is 0 Å². The number of hydrogen-bond donors (Lipinski definition) is 1. The van der Waals surface area contributed by atoms with Crippen LogP contribution in [0.5, 0.6) is 0 Å². The number of nitrogens with one attached hydrogen (secondary N) is 1. The van der Waals surface area contributed by atoms with Crippen molar-refractivity contribution in [1.82, 2.24) is 0 Å². The van der Waals surface area contributed by atoms with Gasteiger partial charge in [-0.1, -0.05) is 52.5 Å². The summed E-state index contributed by atoms with van der Waals surface area (Å²) in [6.45, 7) is 0. The SMILES string of the molecule is O=C(Cc1ccc(Cl)cc1Cl)Nc1ccc(Cl)c(Cl)c1. The van der Waals surface area contributed by atoms with E-state index in [1.54, 1.807) is 36.4 Å². The van der Waals surface area contributed by atoms with Crippen molar-refractivity contribution >= 4 is 58.0 Å². The van der Waals surface area contributed by atoms with E-state index in [0.29, 0.717) is 31.3 Å². The summed E-state index contributed by atoms with van der Waals surface area (Å²) in [5.41, 5.74) is 1.28. The Morgan fingerprint density at radius 1 is 0.900 bits per heavy atom. The molecule has 104 valence electrons. The number of anilines is 1. The zero-order chi connectivity index (χ0) is 14.7. The van der Waals surface area contributed by atoms with Gasteiger partial charge >= 0.3 is 0 Å². The van der Waals surface area contributed by atoms with Crippen LogP contribution in [0.1, 0.15) is 5.56 Å². The second kappa shape index (κ2) is 6.68. The van der Waals surface area contributed by atoms with E-state index >= 15 is 0 Å². The first-order valence-corrected chi connectivity index (χ1v) is 7.16. The van der Waals surface area contributed by atoms with Crippen molar-refractivity contribution in [3.8, 4) is 0 Å². The van der Waals surface area contributed by atoms with Gasteiger partial charge in [-0.2, -0.15) is 0 Å². The maximum absolute atomic E-state index is 11.9. The molecule has 0 aliphatic rings. The highest BCUT2D eigenvalue weighted by Gasteiger charge is 2.09. The molecular formula is C14H9Cl4NO. The van der Waals surface area contributed by atoms with Crippen LogP contribution in [0.2, 0.25) is 20.1 Å². The molecule has 1 amide bonds. The fourth-order valence-corrected chi connectivity index (χ4v) is 2.39. The Hall–Kier alpha value is -0.930. The fourth-order valence-electron chi connectivity index (χ4n) is 1.62. The number of rotatable bonds is 3. The van der Waals surface area contributed by atoms with Crippen molar-refractivity contribution in [3.05, 3.63) is 62.1 Å². The lowest BCUT2D eigenvalue weighted by atomic mass is 10.1. The van der Waals surface area contributed by atoms with Gasteiger partial charge in [-0.25, -0.2) is 0 Å². The van der Waals surface area contributed by atoms with Gasteiger partial charge in [-0.05, 0) is 35.9 Å². The summed E-state index contributed by atoms with van der Waals surface area (Å²) in [6, 6.07) is 9.90. The van der Waals surface area contributed by atoms with Crippen molar-refractivity contribution in [2.45, 2.75) is 6.42 Å². The quantitative estimate of drug-likeness (QED) is 0.781. The predicted molar refractivity (Wildman–Crippen MR) is 85.3 cm³/mol. The average molecular weight is 349 g/mol. The van der Waals surface area contributed by atoms with Crippen molar-refractivity contribution < 1.29 is 4.79 Å². The van der Waals surface area contributed by atoms with Gasteiger partial charge in [0, 0.05) is 15.7 Å². The van der Waals surface area contributed by atoms with Crippen molar-refractivity contribution in [2.24, 2.45) is 0 Å². The van der Waals surface area contributed by atoms with E-state index < -0.39 is 0 Å². The number of benzene rings is 2. The largest absolute Gasteiger partial charge is 0.326 e. The Balaban J connectivity index is 2.07. The van der Waals surface area contributed by atoms with Crippen molar-refractivity contribution in [1.29, 1.82) is 0 Å². The first kappa shape index (κ1) is 15.5. The zero-order valence-electron chi connectivity index (χ0n) is 10.1. The van der Waals surface area contributed by atoms with Crippen LogP contribution in [-0.4, -0.2) is 5.91 Å². The molecule has 1 N–H and O–H groups in total. The molecule has 0 atom stereocenters. The molecule has 0 saturated heterocycles. The third-order valence-electron chi connectivity index (χ3n) is 2.57. The minimum Gasteiger partial charge on any atom is -0.326 e. The normalized spacial score (nSPS) is 10.4. The predicted octanol–water partition coefficient (Wildman–Crippen LogP) is 5.48. The molecule has 0 spiro atoms. The maximum Gasteiger partial charge on any atom is 0.228 e. The van der Waals surface area contributed by atoms with Crippen LogP contribution in [0.3, 0.4) is 0 Å². The maximum atomic E-state index is 11.9. The molecule has 6 heteroatoms. The van der Waals surface area contributed by atoms with Gasteiger partial charge in [0.25, 0.3) is 0 Å². The molecule has 0 aliphatic carbocycles. The Labute approximate surface area is 136 Å². The van der Waals surface area contributed by atoms with Crippen LogP contribution in [-0.2, 0) is 11.2 Å². The van der Waals surface area contributed by atoms with E-state index in [1.165, 1.54) is 0 Å². The molecule has 2 nitrogen and oxygen atoms in total. The first-order chi connectivity index (χ1) is 9.45. The minimum atomic E-state index is -0.201. The Morgan fingerprint density at radius 3 is 2.30 bits per heavy atom. The van der Waals surface area contributed by atoms with Crippen LogP contribution in [0, 0.1) is 0 Å². The van der Waals surface area contributed by atoms with Crippen LogP contribution < -0.4 is 5.32 Å².